The summed E-state index contributed by atoms with van der Waals surface area (Å²) in [5, 5.41) is 18.9. The number of carbonyl (C=O) groups excluding carboxylic acids is 6. The molecule has 0 saturated carbocycles. The maximum absolute atomic E-state index is 12.4. The van der Waals surface area contributed by atoms with Crippen LogP contribution in [0.15, 0.2) is 109 Å². The third-order valence-corrected chi connectivity index (χ3v) is 11.7. The molecule has 9 rings (SSSR count). The number of rotatable bonds is 13. The highest BCUT2D eigenvalue weighted by Gasteiger charge is 2.39. The van der Waals surface area contributed by atoms with Gasteiger partial charge < -0.3 is 41.0 Å². The van der Waals surface area contributed by atoms with Crippen LogP contribution in [0.3, 0.4) is 0 Å². The Labute approximate surface area is 408 Å². The van der Waals surface area contributed by atoms with Crippen LogP contribution in [0.25, 0.3) is 22.3 Å². The highest BCUT2D eigenvalue weighted by molar-refractivity contribution is 6.31. The summed E-state index contributed by atoms with van der Waals surface area (Å²) in [7, 11) is 1.79. The van der Waals surface area contributed by atoms with E-state index in [9.17, 15) is 28.8 Å². The number of alkyl carbamates (subject to hydrolysis) is 1. The topological polar surface area (TPSA) is 256 Å². The fourth-order valence-electron chi connectivity index (χ4n) is 7.96. The van der Waals surface area contributed by atoms with Crippen molar-refractivity contribution in [1.82, 2.24) is 45.9 Å². The number of H-pyrrole nitrogens is 1. The number of anilines is 2. The summed E-state index contributed by atoms with van der Waals surface area (Å²) in [5.41, 5.74) is 12.5. The summed E-state index contributed by atoms with van der Waals surface area (Å²) in [6, 6.07) is 27.5. The second kappa shape index (κ2) is 23.6. The van der Waals surface area contributed by atoms with Gasteiger partial charge in [0.1, 0.15) is 36.3 Å². The number of nitrogens with two attached hydrogens (primary N) is 1. The zero-order valence-corrected chi connectivity index (χ0v) is 39.1. The fraction of sp³-hybridized carbons (Fsp3) is 0.260. The Morgan fingerprint density at radius 2 is 1.69 bits per heavy atom. The van der Waals surface area contributed by atoms with Crippen molar-refractivity contribution in [2.45, 2.75) is 57.8 Å². The number of aromatic amines is 1. The maximum Gasteiger partial charge on any atom is 0.407 e. The van der Waals surface area contributed by atoms with Gasteiger partial charge in [0.2, 0.25) is 18.2 Å². The lowest BCUT2D eigenvalue weighted by atomic mass is 10.0. The molecule has 2 saturated heterocycles. The number of hydrogen-bond donors (Lipinski definition) is 6. The largest absolute Gasteiger partial charge is 0.457 e. The number of piperidine rings is 2. The van der Waals surface area contributed by atoms with E-state index >= 15 is 0 Å². The molecule has 2 fully saturated rings. The first kappa shape index (κ1) is 49.6. The van der Waals surface area contributed by atoms with E-state index in [1.54, 1.807) is 36.2 Å². The van der Waals surface area contributed by atoms with Crippen molar-refractivity contribution < 1.29 is 38.2 Å². The lowest BCUT2D eigenvalue weighted by molar-refractivity contribution is -0.137. The molecular weight excluding hydrogens is 918 g/mol. The van der Waals surface area contributed by atoms with Crippen LogP contribution in [0.2, 0.25) is 5.02 Å². The van der Waals surface area contributed by atoms with E-state index < -0.39 is 18.0 Å². The van der Waals surface area contributed by atoms with Gasteiger partial charge in [-0.2, -0.15) is 5.10 Å². The van der Waals surface area contributed by atoms with E-state index in [1.807, 2.05) is 66.7 Å². The first-order valence-electron chi connectivity index (χ1n) is 22.5. The normalized spacial score (nSPS) is 15.0. The molecule has 2 aromatic heterocycles. The zero-order valence-electron chi connectivity index (χ0n) is 38.3. The van der Waals surface area contributed by atoms with Crippen LogP contribution in [0.5, 0.6) is 11.5 Å². The Balaban J connectivity index is 0.000000155. The molecule has 4 aromatic carbocycles. The molecule has 1 unspecified atom stereocenters. The Hall–Kier alpha value is -8.32. The molecule has 5 heterocycles. The van der Waals surface area contributed by atoms with Gasteiger partial charge in [0.15, 0.2) is 5.65 Å². The van der Waals surface area contributed by atoms with Gasteiger partial charge in [-0.15, -0.1) is 0 Å². The Kier molecular flexibility index (Phi) is 16.7. The number of carbonyl (C=O) groups is 6. The number of ether oxygens (including phenoxy) is 2. The summed E-state index contributed by atoms with van der Waals surface area (Å²) in [6.45, 7) is 6.12. The molecule has 1 atom stereocenters. The van der Waals surface area contributed by atoms with Crippen LogP contribution in [0.1, 0.15) is 59.2 Å². The van der Waals surface area contributed by atoms with Crippen molar-refractivity contribution in [1.29, 1.82) is 0 Å². The maximum atomic E-state index is 12.4. The fourth-order valence-corrected chi connectivity index (χ4v) is 8.21. The van der Waals surface area contributed by atoms with E-state index in [-0.39, 0.29) is 42.9 Å². The molecule has 70 heavy (non-hydrogen) atoms. The summed E-state index contributed by atoms with van der Waals surface area (Å²) >= 11 is 6.02. The van der Waals surface area contributed by atoms with Crippen molar-refractivity contribution in [3.8, 4) is 22.8 Å². The highest BCUT2D eigenvalue weighted by atomic mass is 35.5. The van der Waals surface area contributed by atoms with E-state index in [4.69, 9.17) is 26.8 Å². The lowest BCUT2D eigenvalue weighted by Crippen LogP contribution is -2.52. The van der Waals surface area contributed by atoms with E-state index in [2.05, 4.69) is 48.0 Å². The summed E-state index contributed by atoms with van der Waals surface area (Å²) in [5.74, 6) is 0.912. The van der Waals surface area contributed by atoms with Crippen molar-refractivity contribution in [2.24, 2.45) is 0 Å². The van der Waals surface area contributed by atoms with Crippen molar-refractivity contribution >= 4 is 70.3 Å². The second-order valence-corrected chi connectivity index (χ2v) is 16.8. The van der Waals surface area contributed by atoms with Gasteiger partial charge in [-0.25, -0.2) is 14.8 Å². The van der Waals surface area contributed by atoms with Gasteiger partial charge >= 0.3 is 6.09 Å². The molecular formula is C50H52ClN11O8. The molecule has 20 heteroatoms. The van der Waals surface area contributed by atoms with Gasteiger partial charge in [0.25, 0.3) is 11.8 Å². The van der Waals surface area contributed by atoms with Gasteiger partial charge in [0.05, 0.1) is 11.1 Å². The van der Waals surface area contributed by atoms with E-state index in [0.717, 1.165) is 82.9 Å². The molecule has 0 radical (unpaired) electrons. The molecule has 0 bridgehead atoms. The van der Waals surface area contributed by atoms with E-state index in [0.29, 0.717) is 48.0 Å². The summed E-state index contributed by atoms with van der Waals surface area (Å²) in [6.07, 6.45) is 5.18. The molecule has 19 nitrogen and oxygen atoms in total. The number of nitrogen functional groups attached to an aromatic ring is 1. The molecule has 6 aromatic rings. The number of likely N-dealkylation sites (tertiary alicyclic amines) is 1. The van der Waals surface area contributed by atoms with Crippen molar-refractivity contribution in [3.63, 3.8) is 0 Å². The van der Waals surface area contributed by atoms with Crippen molar-refractivity contribution in [2.75, 3.05) is 37.8 Å². The number of benzene rings is 4. The monoisotopic (exact) mass is 969 g/mol. The minimum absolute atomic E-state index is 0.113. The number of fused-ring (bicyclic) bond motifs is 2. The third-order valence-electron chi connectivity index (χ3n) is 11.5. The van der Waals surface area contributed by atoms with Crippen LogP contribution in [0, 0.1) is 0 Å². The highest BCUT2D eigenvalue weighted by Crippen LogP contribution is 2.31. The zero-order chi connectivity index (χ0) is 49.6. The number of amides is 6. The SMILES string of the molecule is C=C(COC(=O)NCc1cc(Cl)cc(NC)c1)C(=O)N1CCCCC1.Nc1ncnc2n[nH]c(-c3ccc(Oc4ccccc4)cc3)c12.O=CNCc1ccc2c(c1)CN(C1CCC(=O)NC1=O)C2=O. The standard InChI is InChI=1S/C18H24ClN3O3.C17H13N5O.C15H15N3O4/c1-13(17(23)22-6-4-3-5-7-22)12-25-18(24)21-11-14-8-15(19)10-16(9-14)20-2;18-16-14-15(21-22-17(14)20-10-19-16)11-6-8-13(9-7-11)23-12-4-2-1-3-5-12;19-8-16-6-9-1-2-11-10(5-9)7-18(15(11)22)12-3-4-13(20)17-14(12)21/h8-10,20H,1,3-7,11-12H2,2H3,(H,21,24);1-10H,(H3,18,19,20,21,22);1-2,5,8,12H,3-4,6-7H2,(H,16,19)(H,17,20,21). The molecule has 3 aliphatic heterocycles. The smallest absolute Gasteiger partial charge is 0.407 e. The average Bonchev–Trinajstić information content (AvgIpc) is 3.96. The van der Waals surface area contributed by atoms with Crippen molar-refractivity contribution in [3.05, 3.63) is 137 Å². The average molecular weight is 970 g/mol. The van der Waals surface area contributed by atoms with Crippen LogP contribution in [0.4, 0.5) is 16.3 Å². The number of para-hydroxylation sites is 1. The quantitative estimate of drug-likeness (QED) is 0.0425. The van der Waals surface area contributed by atoms with Crippen LogP contribution in [-0.2, 0) is 43.5 Å². The van der Waals surface area contributed by atoms with Gasteiger partial charge in [-0.3, -0.25) is 34.4 Å². The minimum Gasteiger partial charge on any atom is -0.457 e. The predicted molar refractivity (Wildman–Crippen MR) is 262 cm³/mol. The van der Waals surface area contributed by atoms with Gasteiger partial charge in [0, 0.05) is 73.6 Å². The Morgan fingerprint density at radius 3 is 2.41 bits per heavy atom. The number of nitrogens with one attached hydrogen (secondary N) is 5. The Bertz CT molecular complexity index is 2870. The molecule has 3 aliphatic rings. The van der Waals surface area contributed by atoms with Crippen LogP contribution in [-0.4, -0.2) is 98.9 Å². The summed E-state index contributed by atoms with van der Waals surface area (Å²) < 4.78 is 10.9. The first-order valence-corrected chi connectivity index (χ1v) is 22.8. The van der Waals surface area contributed by atoms with Crippen LogP contribution < -0.4 is 31.7 Å². The number of nitrogens with zero attached hydrogens (tertiary/aromatic N) is 5. The predicted octanol–water partition coefficient (Wildman–Crippen LogP) is 6.26. The number of hydrogen-bond acceptors (Lipinski definition) is 13. The number of aromatic nitrogens is 4. The Morgan fingerprint density at radius 1 is 0.929 bits per heavy atom. The van der Waals surface area contributed by atoms with Gasteiger partial charge in [-0.05, 0) is 103 Å². The molecule has 6 amide bonds. The van der Waals surface area contributed by atoms with E-state index in [1.165, 1.54) is 11.2 Å². The molecule has 7 N–H and O–H groups in total. The number of imide groups is 1. The first-order chi connectivity index (χ1) is 33.9. The van der Waals surface area contributed by atoms with Gasteiger partial charge in [-0.1, -0.05) is 48.5 Å². The van der Waals surface area contributed by atoms with Crippen LogP contribution >= 0.6 is 11.6 Å². The summed E-state index contributed by atoms with van der Waals surface area (Å²) in [4.78, 5) is 81.3. The lowest BCUT2D eigenvalue weighted by Gasteiger charge is -2.29. The number of halogens is 1. The second-order valence-electron chi connectivity index (χ2n) is 16.4. The minimum atomic E-state index is -0.603. The molecule has 362 valence electrons. The molecule has 0 aliphatic carbocycles. The molecule has 0 spiro atoms. The third kappa shape index (κ3) is 12.8.